The SMILES string of the molecule is Cc1cc(F)ccc1-c1nc(N[C@H](C)CO)nc2c1CNC(=O)N2. The van der Waals surface area contributed by atoms with E-state index in [1.54, 1.807) is 19.9 Å². The number of aliphatic hydroxyl groups is 1. The number of aryl methyl sites for hydroxylation is 1. The van der Waals surface area contributed by atoms with E-state index in [0.29, 0.717) is 11.5 Å². The molecule has 1 aliphatic heterocycles. The van der Waals surface area contributed by atoms with Crippen LogP contribution in [0.3, 0.4) is 0 Å². The minimum Gasteiger partial charge on any atom is -0.394 e. The van der Waals surface area contributed by atoms with E-state index >= 15 is 0 Å². The molecule has 24 heavy (non-hydrogen) atoms. The number of benzene rings is 1. The molecule has 2 heterocycles. The van der Waals surface area contributed by atoms with Gasteiger partial charge in [0.05, 0.1) is 18.8 Å². The number of anilines is 2. The van der Waals surface area contributed by atoms with E-state index in [2.05, 4.69) is 25.9 Å². The van der Waals surface area contributed by atoms with Gasteiger partial charge in [-0.15, -0.1) is 0 Å². The highest BCUT2D eigenvalue weighted by molar-refractivity contribution is 5.93. The van der Waals surface area contributed by atoms with Gasteiger partial charge in [-0.05, 0) is 37.6 Å². The maximum Gasteiger partial charge on any atom is 0.320 e. The Balaban J connectivity index is 2.14. The predicted molar refractivity (Wildman–Crippen MR) is 88.2 cm³/mol. The standard InChI is InChI=1S/C16H18FN5O2/c1-8-5-10(17)3-4-11(8)13-12-6-18-16(24)22-14(12)21-15(20-13)19-9(2)7-23/h3-5,9,23H,6-7H2,1-2H3,(H3,18,19,20,21,22,24)/t9-/m1/s1. The maximum absolute atomic E-state index is 13.4. The van der Waals surface area contributed by atoms with E-state index in [-0.39, 0.29) is 37.0 Å². The number of carbonyl (C=O) groups excluding carboxylic acids is 1. The number of hydrogen-bond donors (Lipinski definition) is 4. The summed E-state index contributed by atoms with van der Waals surface area (Å²) in [6.07, 6.45) is 0. The van der Waals surface area contributed by atoms with Crippen LogP contribution in [0.4, 0.5) is 21.0 Å². The van der Waals surface area contributed by atoms with Crippen LogP contribution in [-0.4, -0.2) is 33.8 Å². The van der Waals surface area contributed by atoms with Gasteiger partial charge in [0.2, 0.25) is 5.95 Å². The molecule has 0 fully saturated rings. The van der Waals surface area contributed by atoms with Crippen LogP contribution in [0, 0.1) is 12.7 Å². The number of halogens is 1. The van der Waals surface area contributed by atoms with Crippen molar-refractivity contribution in [3.05, 3.63) is 35.1 Å². The molecule has 1 aromatic carbocycles. The minimum absolute atomic E-state index is 0.0841. The Labute approximate surface area is 138 Å². The molecule has 0 spiro atoms. The van der Waals surface area contributed by atoms with Gasteiger partial charge in [0.1, 0.15) is 11.6 Å². The molecule has 0 bridgehead atoms. The van der Waals surface area contributed by atoms with Crippen LogP contribution in [0.2, 0.25) is 0 Å². The fraction of sp³-hybridized carbons (Fsp3) is 0.312. The molecule has 0 saturated carbocycles. The summed E-state index contributed by atoms with van der Waals surface area (Å²) in [5.41, 5.74) is 2.82. The second-order valence-electron chi connectivity index (χ2n) is 5.72. The molecule has 0 aliphatic carbocycles. The minimum atomic E-state index is -0.343. The molecule has 8 heteroatoms. The van der Waals surface area contributed by atoms with Crippen molar-refractivity contribution < 1.29 is 14.3 Å². The van der Waals surface area contributed by atoms with Gasteiger partial charge in [0.25, 0.3) is 0 Å². The molecule has 7 nitrogen and oxygen atoms in total. The van der Waals surface area contributed by atoms with E-state index in [0.717, 1.165) is 16.7 Å². The van der Waals surface area contributed by atoms with E-state index < -0.39 is 0 Å². The summed E-state index contributed by atoms with van der Waals surface area (Å²) in [6, 6.07) is 3.87. The van der Waals surface area contributed by atoms with Crippen molar-refractivity contribution in [1.29, 1.82) is 0 Å². The van der Waals surface area contributed by atoms with Crippen molar-refractivity contribution in [2.45, 2.75) is 26.4 Å². The van der Waals surface area contributed by atoms with Gasteiger partial charge in [-0.1, -0.05) is 0 Å². The number of amides is 2. The summed E-state index contributed by atoms with van der Waals surface area (Å²) in [5.74, 6) is 0.370. The van der Waals surface area contributed by atoms with Gasteiger partial charge in [0, 0.05) is 17.2 Å². The van der Waals surface area contributed by atoms with E-state index in [9.17, 15) is 14.3 Å². The number of rotatable bonds is 4. The Hall–Kier alpha value is -2.74. The van der Waals surface area contributed by atoms with Gasteiger partial charge < -0.3 is 15.7 Å². The molecule has 2 aromatic rings. The summed E-state index contributed by atoms with van der Waals surface area (Å²) in [5, 5.41) is 17.5. The van der Waals surface area contributed by atoms with Gasteiger partial charge >= 0.3 is 6.03 Å². The van der Waals surface area contributed by atoms with Gasteiger partial charge in [-0.25, -0.2) is 14.2 Å². The fourth-order valence-electron chi connectivity index (χ4n) is 2.52. The lowest BCUT2D eigenvalue weighted by Crippen LogP contribution is -2.35. The van der Waals surface area contributed by atoms with Crippen LogP contribution >= 0.6 is 0 Å². The first-order chi connectivity index (χ1) is 11.5. The molecule has 1 aliphatic rings. The first-order valence-electron chi connectivity index (χ1n) is 7.57. The van der Waals surface area contributed by atoms with Gasteiger partial charge in [-0.2, -0.15) is 4.98 Å². The van der Waals surface area contributed by atoms with Crippen LogP contribution in [-0.2, 0) is 6.54 Å². The number of nitrogens with one attached hydrogen (secondary N) is 3. The molecule has 3 rings (SSSR count). The lowest BCUT2D eigenvalue weighted by Gasteiger charge is -2.22. The zero-order chi connectivity index (χ0) is 17.3. The lowest BCUT2D eigenvalue weighted by atomic mass is 10.0. The number of fused-ring (bicyclic) bond motifs is 1. The van der Waals surface area contributed by atoms with Crippen LogP contribution in [0.25, 0.3) is 11.3 Å². The van der Waals surface area contributed by atoms with Gasteiger partial charge in [-0.3, -0.25) is 5.32 Å². The largest absolute Gasteiger partial charge is 0.394 e. The molecule has 4 N–H and O–H groups in total. The molecular formula is C16H18FN5O2. The third kappa shape index (κ3) is 3.13. The quantitative estimate of drug-likeness (QED) is 0.687. The average molecular weight is 331 g/mol. The van der Waals surface area contributed by atoms with E-state index in [1.165, 1.54) is 12.1 Å². The number of aliphatic hydroxyl groups excluding tert-OH is 1. The lowest BCUT2D eigenvalue weighted by molar-refractivity contribution is 0.250. The average Bonchev–Trinajstić information content (AvgIpc) is 2.53. The summed E-state index contributed by atoms with van der Waals surface area (Å²) in [7, 11) is 0. The third-order valence-corrected chi connectivity index (χ3v) is 3.76. The molecule has 1 aromatic heterocycles. The van der Waals surface area contributed by atoms with Crippen LogP contribution < -0.4 is 16.0 Å². The topological polar surface area (TPSA) is 99.2 Å². The second kappa shape index (κ2) is 6.40. The molecular weight excluding hydrogens is 313 g/mol. The molecule has 0 unspecified atom stereocenters. The van der Waals surface area contributed by atoms with Crippen LogP contribution in [0.15, 0.2) is 18.2 Å². The monoisotopic (exact) mass is 331 g/mol. The molecule has 0 saturated heterocycles. The number of hydrogen-bond acceptors (Lipinski definition) is 5. The number of urea groups is 1. The summed E-state index contributed by atoms with van der Waals surface area (Å²) < 4.78 is 13.4. The van der Waals surface area contributed by atoms with Crippen molar-refractivity contribution in [3.8, 4) is 11.3 Å². The summed E-state index contributed by atoms with van der Waals surface area (Å²) in [4.78, 5) is 20.4. The smallest absolute Gasteiger partial charge is 0.320 e. The Kier molecular flexibility index (Phi) is 4.30. The molecule has 2 amide bonds. The Morgan fingerprint density at radius 3 is 2.92 bits per heavy atom. The fourth-order valence-corrected chi connectivity index (χ4v) is 2.52. The Morgan fingerprint density at radius 1 is 1.42 bits per heavy atom. The number of nitrogens with zero attached hydrogens (tertiary/aromatic N) is 2. The highest BCUT2D eigenvalue weighted by atomic mass is 19.1. The molecule has 0 radical (unpaired) electrons. The Morgan fingerprint density at radius 2 is 2.21 bits per heavy atom. The van der Waals surface area contributed by atoms with Gasteiger partial charge in [0.15, 0.2) is 0 Å². The second-order valence-corrected chi connectivity index (χ2v) is 5.72. The first-order valence-corrected chi connectivity index (χ1v) is 7.57. The number of carbonyl (C=O) groups is 1. The number of aromatic nitrogens is 2. The Bertz CT molecular complexity index is 796. The maximum atomic E-state index is 13.4. The van der Waals surface area contributed by atoms with Crippen LogP contribution in [0.5, 0.6) is 0 Å². The highest BCUT2D eigenvalue weighted by Crippen LogP contribution is 2.31. The van der Waals surface area contributed by atoms with E-state index in [4.69, 9.17) is 0 Å². The summed E-state index contributed by atoms with van der Waals surface area (Å²) >= 11 is 0. The zero-order valence-electron chi connectivity index (χ0n) is 13.4. The normalized spacial score (nSPS) is 14.4. The zero-order valence-corrected chi connectivity index (χ0v) is 13.4. The summed E-state index contributed by atoms with van der Waals surface area (Å²) in [6.45, 7) is 3.78. The first kappa shape index (κ1) is 16.1. The van der Waals surface area contributed by atoms with Crippen molar-refractivity contribution >= 4 is 17.8 Å². The van der Waals surface area contributed by atoms with Crippen molar-refractivity contribution in [2.75, 3.05) is 17.2 Å². The van der Waals surface area contributed by atoms with Crippen molar-refractivity contribution in [2.24, 2.45) is 0 Å². The van der Waals surface area contributed by atoms with Crippen molar-refractivity contribution in [3.63, 3.8) is 0 Å². The van der Waals surface area contributed by atoms with Crippen molar-refractivity contribution in [1.82, 2.24) is 15.3 Å². The highest BCUT2D eigenvalue weighted by Gasteiger charge is 2.23. The van der Waals surface area contributed by atoms with E-state index in [1.807, 2.05) is 0 Å². The van der Waals surface area contributed by atoms with Crippen LogP contribution in [0.1, 0.15) is 18.1 Å². The molecule has 1 atom stereocenters. The predicted octanol–water partition coefficient (Wildman–Crippen LogP) is 2.02. The third-order valence-electron chi connectivity index (χ3n) is 3.76. The molecule has 126 valence electrons.